The van der Waals surface area contributed by atoms with E-state index in [0.717, 1.165) is 25.0 Å². The van der Waals surface area contributed by atoms with Crippen molar-refractivity contribution in [2.75, 3.05) is 0 Å². The van der Waals surface area contributed by atoms with Crippen molar-refractivity contribution >= 4 is 0 Å². The van der Waals surface area contributed by atoms with Crippen LogP contribution in [0.2, 0.25) is 0 Å². The van der Waals surface area contributed by atoms with Gasteiger partial charge in [0, 0.05) is 11.6 Å². The molecular formula is C10H12FN. The molecule has 2 rings (SSSR count). The van der Waals surface area contributed by atoms with E-state index in [1.807, 2.05) is 6.92 Å². The quantitative estimate of drug-likeness (QED) is 0.656. The normalized spacial score (nSPS) is 16.5. The van der Waals surface area contributed by atoms with Gasteiger partial charge in [0.25, 0.3) is 0 Å². The first-order chi connectivity index (χ1) is 5.81. The third-order valence-corrected chi connectivity index (χ3v) is 2.26. The number of aryl methyl sites for hydroxylation is 1. The van der Waals surface area contributed by atoms with E-state index in [9.17, 15) is 4.39 Å². The second-order valence-corrected chi connectivity index (χ2v) is 3.30. The number of aromatic nitrogens is 1. The highest BCUT2D eigenvalue weighted by Crippen LogP contribution is 2.40. The topological polar surface area (TPSA) is 12.9 Å². The van der Waals surface area contributed by atoms with Crippen LogP contribution in [0.1, 0.15) is 37.1 Å². The van der Waals surface area contributed by atoms with Crippen LogP contribution >= 0.6 is 0 Å². The van der Waals surface area contributed by atoms with Crippen molar-refractivity contribution in [3.63, 3.8) is 0 Å². The molecule has 0 spiro atoms. The van der Waals surface area contributed by atoms with Crippen molar-refractivity contribution in [3.8, 4) is 0 Å². The minimum absolute atomic E-state index is 0.130. The molecule has 0 unspecified atom stereocenters. The van der Waals surface area contributed by atoms with Crippen molar-refractivity contribution < 1.29 is 4.39 Å². The fraction of sp³-hybridized carbons (Fsp3) is 0.500. The number of rotatable bonds is 2. The Balaban J connectivity index is 2.36. The lowest BCUT2D eigenvalue weighted by Gasteiger charge is -2.01. The van der Waals surface area contributed by atoms with Gasteiger partial charge in [-0.1, -0.05) is 6.92 Å². The number of halogens is 1. The molecule has 12 heavy (non-hydrogen) atoms. The summed E-state index contributed by atoms with van der Waals surface area (Å²) in [5.74, 6) is 0.284. The van der Waals surface area contributed by atoms with Crippen LogP contribution in [-0.4, -0.2) is 4.98 Å². The molecule has 1 saturated carbocycles. The largest absolute Gasteiger partial charge is 0.255 e. The van der Waals surface area contributed by atoms with Crippen molar-refractivity contribution in [1.29, 1.82) is 0 Å². The van der Waals surface area contributed by atoms with Gasteiger partial charge in [0.05, 0.1) is 5.69 Å². The minimum atomic E-state index is -0.130. The van der Waals surface area contributed by atoms with Crippen molar-refractivity contribution in [1.82, 2.24) is 4.98 Å². The second kappa shape index (κ2) is 2.85. The Labute approximate surface area is 71.6 Å². The van der Waals surface area contributed by atoms with Gasteiger partial charge in [-0.25, -0.2) is 4.39 Å². The van der Waals surface area contributed by atoms with Crippen LogP contribution < -0.4 is 0 Å². The fourth-order valence-corrected chi connectivity index (χ4v) is 1.34. The average Bonchev–Trinajstić information content (AvgIpc) is 2.88. The van der Waals surface area contributed by atoms with Gasteiger partial charge in [-0.05, 0) is 31.4 Å². The van der Waals surface area contributed by atoms with Gasteiger partial charge in [-0.15, -0.1) is 0 Å². The van der Waals surface area contributed by atoms with E-state index >= 15 is 0 Å². The Hall–Kier alpha value is -0.920. The van der Waals surface area contributed by atoms with Crippen molar-refractivity contribution in [2.45, 2.75) is 32.1 Å². The fourth-order valence-electron chi connectivity index (χ4n) is 1.34. The predicted octanol–water partition coefficient (Wildman–Crippen LogP) is 2.66. The van der Waals surface area contributed by atoms with Crippen LogP contribution in [0.5, 0.6) is 0 Å². The first-order valence-corrected chi connectivity index (χ1v) is 4.46. The average molecular weight is 165 g/mol. The van der Waals surface area contributed by atoms with Gasteiger partial charge in [0.2, 0.25) is 0 Å². The molecule has 0 radical (unpaired) electrons. The molecule has 2 heteroatoms. The highest BCUT2D eigenvalue weighted by Gasteiger charge is 2.27. The van der Waals surface area contributed by atoms with Gasteiger partial charge in [0.15, 0.2) is 0 Å². The molecule has 1 aromatic rings. The molecule has 0 atom stereocenters. The Morgan fingerprint density at radius 1 is 1.50 bits per heavy atom. The molecule has 0 saturated heterocycles. The Bertz CT molecular complexity index is 292. The molecule has 0 N–H and O–H groups in total. The van der Waals surface area contributed by atoms with Crippen LogP contribution in [0.3, 0.4) is 0 Å². The predicted molar refractivity (Wildman–Crippen MR) is 45.5 cm³/mol. The molecule has 1 aliphatic carbocycles. The van der Waals surface area contributed by atoms with Crippen LogP contribution in [0, 0.1) is 5.82 Å². The molecule has 0 aromatic carbocycles. The van der Waals surface area contributed by atoms with Crippen LogP contribution in [0.15, 0.2) is 12.1 Å². The summed E-state index contributed by atoms with van der Waals surface area (Å²) in [6.45, 7) is 2.04. The Kier molecular flexibility index (Phi) is 1.83. The SMILES string of the molecule is CCc1ccc(F)c(C2CC2)n1. The van der Waals surface area contributed by atoms with E-state index < -0.39 is 0 Å². The van der Waals surface area contributed by atoms with E-state index in [0.29, 0.717) is 11.6 Å². The number of pyridine rings is 1. The lowest BCUT2D eigenvalue weighted by atomic mass is 10.2. The maximum absolute atomic E-state index is 13.1. The summed E-state index contributed by atoms with van der Waals surface area (Å²) in [7, 11) is 0. The highest BCUT2D eigenvalue weighted by atomic mass is 19.1. The second-order valence-electron chi connectivity index (χ2n) is 3.30. The highest BCUT2D eigenvalue weighted by molar-refractivity contribution is 5.20. The lowest BCUT2D eigenvalue weighted by Crippen LogP contribution is -1.96. The summed E-state index contributed by atoms with van der Waals surface area (Å²) in [4.78, 5) is 4.28. The number of hydrogen-bond acceptors (Lipinski definition) is 1. The third-order valence-electron chi connectivity index (χ3n) is 2.26. The van der Waals surface area contributed by atoms with Gasteiger partial charge < -0.3 is 0 Å². The monoisotopic (exact) mass is 165 g/mol. The molecule has 1 aromatic heterocycles. The number of nitrogens with zero attached hydrogens (tertiary/aromatic N) is 1. The maximum atomic E-state index is 13.1. The standard InChI is InChI=1S/C10H12FN/c1-2-8-5-6-9(11)10(12-8)7-3-4-7/h5-7H,2-4H2,1H3. The molecule has 1 fully saturated rings. The van der Waals surface area contributed by atoms with Gasteiger partial charge >= 0.3 is 0 Å². The lowest BCUT2D eigenvalue weighted by molar-refractivity contribution is 0.597. The molecule has 1 heterocycles. The number of hydrogen-bond donors (Lipinski definition) is 0. The van der Waals surface area contributed by atoms with Gasteiger partial charge in [-0.3, -0.25) is 4.98 Å². The summed E-state index contributed by atoms with van der Waals surface area (Å²) in [5.41, 5.74) is 1.69. The van der Waals surface area contributed by atoms with Crippen LogP contribution in [0.4, 0.5) is 4.39 Å². The summed E-state index contributed by atoms with van der Waals surface area (Å²) < 4.78 is 13.1. The Morgan fingerprint density at radius 2 is 2.25 bits per heavy atom. The zero-order valence-corrected chi connectivity index (χ0v) is 7.18. The van der Waals surface area contributed by atoms with E-state index in [1.54, 1.807) is 12.1 Å². The molecule has 0 amide bonds. The van der Waals surface area contributed by atoms with Gasteiger partial charge in [-0.2, -0.15) is 0 Å². The third kappa shape index (κ3) is 1.33. The molecule has 1 aliphatic rings. The molecule has 1 nitrogen and oxygen atoms in total. The first kappa shape index (κ1) is 7.71. The van der Waals surface area contributed by atoms with Crippen molar-refractivity contribution in [2.24, 2.45) is 0 Å². The summed E-state index contributed by atoms with van der Waals surface area (Å²) >= 11 is 0. The Morgan fingerprint density at radius 3 is 2.83 bits per heavy atom. The molecule has 64 valence electrons. The van der Waals surface area contributed by atoms with Crippen molar-refractivity contribution in [3.05, 3.63) is 29.3 Å². The molecular weight excluding hydrogens is 153 g/mol. The van der Waals surface area contributed by atoms with Gasteiger partial charge in [0.1, 0.15) is 5.82 Å². The summed E-state index contributed by atoms with van der Waals surface area (Å²) in [5, 5.41) is 0. The van der Waals surface area contributed by atoms with E-state index in [-0.39, 0.29) is 5.82 Å². The molecule has 0 bridgehead atoms. The van der Waals surface area contributed by atoms with Crippen LogP contribution in [0.25, 0.3) is 0 Å². The van der Waals surface area contributed by atoms with E-state index in [2.05, 4.69) is 4.98 Å². The summed E-state index contributed by atoms with van der Waals surface area (Å²) in [6.07, 6.45) is 3.11. The maximum Gasteiger partial charge on any atom is 0.144 e. The zero-order valence-electron chi connectivity index (χ0n) is 7.18. The minimum Gasteiger partial charge on any atom is -0.255 e. The van der Waals surface area contributed by atoms with Crippen LogP contribution in [-0.2, 0) is 6.42 Å². The molecule has 0 aliphatic heterocycles. The zero-order chi connectivity index (χ0) is 8.55. The smallest absolute Gasteiger partial charge is 0.144 e. The summed E-state index contributed by atoms with van der Waals surface area (Å²) in [6, 6.07) is 3.31. The van der Waals surface area contributed by atoms with E-state index in [1.165, 1.54) is 0 Å². The first-order valence-electron chi connectivity index (χ1n) is 4.46. The van der Waals surface area contributed by atoms with E-state index in [4.69, 9.17) is 0 Å².